The number of nitro groups is 1. The second-order valence-electron chi connectivity index (χ2n) is 7.36. The number of hydrogen-bond acceptors (Lipinski definition) is 7. The number of benzene rings is 2. The minimum Gasteiger partial charge on any atom is -0.497 e. The lowest BCUT2D eigenvalue weighted by molar-refractivity contribution is -0.382. The van der Waals surface area contributed by atoms with E-state index in [1.54, 1.807) is 24.3 Å². The minimum atomic E-state index is -2.52. The van der Waals surface area contributed by atoms with Crippen LogP contribution in [0.2, 0.25) is 5.02 Å². The molecule has 0 saturated carbocycles. The highest BCUT2D eigenvalue weighted by atomic mass is 35.5. The first kappa shape index (κ1) is 23.6. The lowest BCUT2D eigenvalue weighted by atomic mass is 9.94. The number of aliphatic hydroxyl groups is 1. The number of hydrogen-bond donors (Lipinski definition) is 2. The number of nitrogens with zero attached hydrogens (tertiary/aromatic N) is 2. The zero-order valence-corrected chi connectivity index (χ0v) is 19.4. The van der Waals surface area contributed by atoms with Crippen LogP contribution in [-0.4, -0.2) is 40.9 Å². The van der Waals surface area contributed by atoms with Gasteiger partial charge in [-0.25, -0.2) is 4.39 Å². The molecule has 0 fully saturated rings. The van der Waals surface area contributed by atoms with Gasteiger partial charge < -0.3 is 15.2 Å². The van der Waals surface area contributed by atoms with Crippen LogP contribution < -0.4 is 10.1 Å². The predicted octanol–water partition coefficient (Wildman–Crippen LogP) is 3.67. The van der Waals surface area contributed by atoms with Crippen molar-refractivity contribution in [1.82, 2.24) is 10.2 Å². The van der Waals surface area contributed by atoms with Gasteiger partial charge in [0.25, 0.3) is 11.8 Å². The molecule has 0 bridgehead atoms. The van der Waals surface area contributed by atoms with Gasteiger partial charge in [0.1, 0.15) is 22.0 Å². The average Bonchev–Trinajstić information content (AvgIpc) is 3.33. The van der Waals surface area contributed by atoms with Crippen molar-refractivity contribution in [3.05, 3.63) is 90.5 Å². The van der Waals surface area contributed by atoms with E-state index in [0.717, 1.165) is 17.0 Å². The Morgan fingerprint density at radius 2 is 2.00 bits per heavy atom. The van der Waals surface area contributed by atoms with Gasteiger partial charge in [-0.2, -0.15) is 0 Å². The summed E-state index contributed by atoms with van der Waals surface area (Å²) in [6.07, 6.45) is 0. The first-order valence-electron chi connectivity index (χ1n) is 9.80. The summed E-state index contributed by atoms with van der Waals surface area (Å²) >= 11 is 6.74. The molecule has 2 amide bonds. The first-order valence-corrected chi connectivity index (χ1v) is 11.0. The van der Waals surface area contributed by atoms with Crippen LogP contribution in [0.4, 0.5) is 9.39 Å². The van der Waals surface area contributed by atoms with Gasteiger partial charge in [0.2, 0.25) is 5.72 Å². The fourth-order valence-corrected chi connectivity index (χ4v) is 5.26. The molecular formula is C22H17ClFN3O6S. The Kier molecular flexibility index (Phi) is 6.02. The maximum absolute atomic E-state index is 14.2. The monoisotopic (exact) mass is 505 g/mol. The molecule has 176 valence electrons. The van der Waals surface area contributed by atoms with Crippen molar-refractivity contribution in [2.24, 2.45) is 0 Å². The van der Waals surface area contributed by atoms with Gasteiger partial charge >= 0.3 is 5.00 Å². The lowest BCUT2D eigenvalue weighted by Gasteiger charge is -2.35. The quantitative estimate of drug-likeness (QED) is 0.389. The Bertz CT molecular complexity index is 1330. The maximum atomic E-state index is 14.2. The number of rotatable bonds is 6. The van der Waals surface area contributed by atoms with E-state index < -0.39 is 38.8 Å². The molecule has 0 radical (unpaired) electrons. The first-order chi connectivity index (χ1) is 16.1. The van der Waals surface area contributed by atoms with Gasteiger partial charge in [-0.1, -0.05) is 35.1 Å². The van der Waals surface area contributed by atoms with E-state index in [4.69, 9.17) is 16.3 Å². The van der Waals surface area contributed by atoms with Crippen molar-refractivity contribution >= 4 is 39.8 Å². The second-order valence-corrected chi connectivity index (χ2v) is 8.76. The Balaban J connectivity index is 2.00. The number of nitrogens with one attached hydrogen (secondary N) is 1. The van der Waals surface area contributed by atoms with Gasteiger partial charge in [-0.05, 0) is 35.9 Å². The predicted molar refractivity (Wildman–Crippen MR) is 122 cm³/mol. The minimum absolute atomic E-state index is 0.119. The molecule has 0 saturated heterocycles. The molecule has 2 aromatic carbocycles. The molecule has 1 unspecified atom stereocenters. The topological polar surface area (TPSA) is 122 Å². The summed E-state index contributed by atoms with van der Waals surface area (Å²) in [5, 5.41) is 25.5. The third-order valence-corrected chi connectivity index (χ3v) is 6.96. The van der Waals surface area contributed by atoms with E-state index in [-0.39, 0.29) is 27.6 Å². The highest BCUT2D eigenvalue weighted by Crippen LogP contribution is 2.53. The summed E-state index contributed by atoms with van der Waals surface area (Å²) in [5.74, 6) is -1.79. The summed E-state index contributed by atoms with van der Waals surface area (Å²) in [5.41, 5.74) is -2.99. The second kappa shape index (κ2) is 8.67. The van der Waals surface area contributed by atoms with E-state index in [1.165, 1.54) is 20.2 Å². The standard InChI is InChI=1S/C22H17ClFN3O6S/c1-25-19(28)18-16-17(21(34-18)27(31)32)22(30,14-9-12(24)5-8-15(14)23)26(20(16)29)10-11-3-6-13(33-2)7-4-11/h3-9,30H,10H2,1-2H3,(H,25,28). The number of carbonyl (C=O) groups is 2. The molecular weight excluding hydrogens is 489 g/mol. The lowest BCUT2D eigenvalue weighted by Crippen LogP contribution is -2.44. The molecule has 2 N–H and O–H groups in total. The SMILES string of the molecule is CNC(=O)c1sc([N+](=O)[O-])c2c1C(=O)N(Cc1ccc(OC)cc1)C2(O)c1cc(F)ccc1Cl. The zero-order chi connectivity index (χ0) is 24.8. The van der Waals surface area contributed by atoms with E-state index in [1.807, 2.05) is 0 Å². The molecule has 2 heterocycles. The van der Waals surface area contributed by atoms with Crippen molar-refractivity contribution in [1.29, 1.82) is 0 Å². The maximum Gasteiger partial charge on any atom is 0.334 e. The molecule has 12 heteroatoms. The van der Waals surface area contributed by atoms with Crippen molar-refractivity contribution in [2.75, 3.05) is 14.2 Å². The number of ether oxygens (including phenoxy) is 1. The molecule has 34 heavy (non-hydrogen) atoms. The van der Waals surface area contributed by atoms with Gasteiger partial charge in [0, 0.05) is 24.2 Å². The molecule has 0 spiro atoms. The Morgan fingerprint density at radius 1 is 1.32 bits per heavy atom. The fraction of sp³-hybridized carbons (Fsp3) is 0.182. The number of amides is 2. The van der Waals surface area contributed by atoms with Gasteiger partial charge in [-0.3, -0.25) is 24.6 Å². The number of halogens is 2. The summed E-state index contributed by atoms with van der Waals surface area (Å²) < 4.78 is 19.4. The van der Waals surface area contributed by atoms with Gasteiger partial charge in [-0.15, -0.1) is 0 Å². The molecule has 1 aliphatic rings. The summed E-state index contributed by atoms with van der Waals surface area (Å²) in [6.45, 7) is -0.226. The number of fused-ring (bicyclic) bond motifs is 1. The Labute approximate surface area is 201 Å². The van der Waals surface area contributed by atoms with Crippen LogP contribution in [0, 0.1) is 15.9 Å². The highest BCUT2D eigenvalue weighted by Gasteiger charge is 2.58. The molecule has 1 atom stereocenters. The Morgan fingerprint density at radius 3 is 2.59 bits per heavy atom. The van der Waals surface area contributed by atoms with Gasteiger partial charge in [0.05, 0.1) is 17.6 Å². The molecule has 0 aliphatic carbocycles. The summed E-state index contributed by atoms with van der Waals surface area (Å²) in [4.78, 5) is 37.9. The van der Waals surface area contributed by atoms with Crippen LogP contribution in [0.1, 0.15) is 36.7 Å². The normalized spacial score (nSPS) is 17.0. The molecule has 1 aromatic heterocycles. The fourth-order valence-electron chi connectivity index (χ4n) is 3.91. The Hall–Kier alpha value is -3.54. The van der Waals surface area contributed by atoms with Crippen molar-refractivity contribution in [3.63, 3.8) is 0 Å². The number of carbonyl (C=O) groups excluding carboxylic acids is 2. The van der Waals surface area contributed by atoms with Crippen LogP contribution in [0.25, 0.3) is 0 Å². The van der Waals surface area contributed by atoms with E-state index in [2.05, 4.69) is 5.32 Å². The largest absolute Gasteiger partial charge is 0.497 e. The van der Waals surface area contributed by atoms with Crippen LogP contribution in [0.15, 0.2) is 42.5 Å². The van der Waals surface area contributed by atoms with Crippen LogP contribution in [0.3, 0.4) is 0 Å². The smallest absolute Gasteiger partial charge is 0.334 e. The number of methoxy groups -OCH3 is 1. The van der Waals surface area contributed by atoms with E-state index in [0.29, 0.717) is 22.6 Å². The molecule has 4 rings (SSSR count). The van der Waals surface area contributed by atoms with Crippen molar-refractivity contribution < 1.29 is 28.7 Å². The molecule has 9 nitrogen and oxygen atoms in total. The summed E-state index contributed by atoms with van der Waals surface area (Å²) in [7, 11) is 2.80. The zero-order valence-electron chi connectivity index (χ0n) is 17.8. The van der Waals surface area contributed by atoms with Crippen LogP contribution in [0.5, 0.6) is 5.75 Å². The third-order valence-electron chi connectivity index (χ3n) is 5.49. The molecule has 1 aliphatic heterocycles. The third kappa shape index (κ3) is 3.58. The van der Waals surface area contributed by atoms with Crippen molar-refractivity contribution in [3.8, 4) is 5.75 Å². The van der Waals surface area contributed by atoms with Crippen molar-refractivity contribution in [2.45, 2.75) is 12.3 Å². The van der Waals surface area contributed by atoms with E-state index in [9.17, 15) is 29.2 Å². The molecule has 3 aromatic rings. The summed E-state index contributed by atoms with van der Waals surface area (Å²) in [6, 6.07) is 9.69. The number of thiophene rings is 1. The van der Waals surface area contributed by atoms with E-state index >= 15 is 0 Å². The van der Waals surface area contributed by atoms with Crippen LogP contribution >= 0.6 is 22.9 Å². The van der Waals surface area contributed by atoms with Crippen LogP contribution in [-0.2, 0) is 12.3 Å². The average molecular weight is 506 g/mol. The highest BCUT2D eigenvalue weighted by molar-refractivity contribution is 7.17. The van der Waals surface area contributed by atoms with Gasteiger partial charge in [0.15, 0.2) is 0 Å².